The summed E-state index contributed by atoms with van der Waals surface area (Å²) < 4.78 is 1.64. The number of nitrogens with zero attached hydrogens (tertiary/aromatic N) is 2. The van der Waals surface area contributed by atoms with Crippen molar-refractivity contribution in [1.82, 2.24) is 4.57 Å². The molecule has 1 aliphatic heterocycles. The van der Waals surface area contributed by atoms with Crippen LogP contribution in [0.1, 0.15) is 26.7 Å². The lowest BCUT2D eigenvalue weighted by Gasteiger charge is -2.35. The third-order valence-electron chi connectivity index (χ3n) is 3.52. The number of anilines is 1. The minimum atomic E-state index is -0.748. The van der Waals surface area contributed by atoms with Crippen LogP contribution in [0.3, 0.4) is 0 Å². The molecule has 1 aromatic rings. The molecule has 94 valence electrons. The maximum atomic E-state index is 11.6. The van der Waals surface area contributed by atoms with Crippen molar-refractivity contribution in [3.63, 3.8) is 0 Å². The van der Waals surface area contributed by atoms with Gasteiger partial charge in [0.1, 0.15) is 5.82 Å². The van der Waals surface area contributed by atoms with Crippen LogP contribution in [0.25, 0.3) is 0 Å². The van der Waals surface area contributed by atoms with E-state index in [-0.39, 0.29) is 11.6 Å². The van der Waals surface area contributed by atoms with E-state index in [0.29, 0.717) is 0 Å². The normalized spacial score (nSPS) is 20.9. The van der Waals surface area contributed by atoms with Gasteiger partial charge in [-0.1, -0.05) is 6.07 Å². The average Bonchev–Trinajstić information content (AvgIpc) is 2.70. The molecule has 1 unspecified atom stereocenters. The molecule has 4 heteroatoms. The van der Waals surface area contributed by atoms with E-state index in [9.17, 15) is 9.90 Å². The summed E-state index contributed by atoms with van der Waals surface area (Å²) >= 11 is 0. The molecule has 0 radical (unpaired) electrons. The molecular formula is C13H20N2O2. The molecule has 4 nitrogen and oxygen atoms in total. The van der Waals surface area contributed by atoms with E-state index in [0.717, 1.165) is 25.2 Å². The first-order chi connectivity index (χ1) is 7.91. The monoisotopic (exact) mass is 236 g/mol. The molecule has 1 aromatic heterocycles. The van der Waals surface area contributed by atoms with Gasteiger partial charge in [0, 0.05) is 19.7 Å². The van der Waals surface area contributed by atoms with Crippen LogP contribution >= 0.6 is 0 Å². The van der Waals surface area contributed by atoms with Crippen molar-refractivity contribution >= 4 is 5.82 Å². The van der Waals surface area contributed by atoms with Gasteiger partial charge in [0.15, 0.2) is 0 Å². The first-order valence-corrected chi connectivity index (χ1v) is 6.06. The van der Waals surface area contributed by atoms with Crippen LogP contribution in [0.5, 0.6) is 0 Å². The summed E-state index contributed by atoms with van der Waals surface area (Å²) in [6.45, 7) is 4.56. The second-order valence-corrected chi connectivity index (χ2v) is 5.29. The van der Waals surface area contributed by atoms with Crippen molar-refractivity contribution in [2.75, 3.05) is 11.4 Å². The predicted octanol–water partition coefficient (Wildman–Crippen LogP) is 1.12. The highest BCUT2D eigenvalue weighted by Crippen LogP contribution is 2.30. The van der Waals surface area contributed by atoms with Crippen molar-refractivity contribution in [2.24, 2.45) is 7.05 Å². The zero-order chi connectivity index (χ0) is 12.6. The first-order valence-electron chi connectivity index (χ1n) is 6.06. The molecule has 1 aliphatic rings. The van der Waals surface area contributed by atoms with Crippen LogP contribution in [0.15, 0.2) is 23.0 Å². The van der Waals surface area contributed by atoms with E-state index in [1.54, 1.807) is 23.7 Å². The van der Waals surface area contributed by atoms with Crippen molar-refractivity contribution in [2.45, 2.75) is 38.3 Å². The third kappa shape index (κ3) is 2.22. The van der Waals surface area contributed by atoms with E-state index in [1.807, 2.05) is 19.9 Å². The summed E-state index contributed by atoms with van der Waals surface area (Å²) in [6, 6.07) is 5.34. The third-order valence-corrected chi connectivity index (χ3v) is 3.52. The van der Waals surface area contributed by atoms with E-state index >= 15 is 0 Å². The Hall–Kier alpha value is -1.29. The number of aliphatic hydroxyl groups is 1. The van der Waals surface area contributed by atoms with E-state index in [4.69, 9.17) is 0 Å². The minimum absolute atomic E-state index is 0.0103. The quantitative estimate of drug-likeness (QED) is 0.837. The van der Waals surface area contributed by atoms with Crippen LogP contribution in [0.2, 0.25) is 0 Å². The lowest BCUT2D eigenvalue weighted by atomic mass is 9.97. The summed E-state index contributed by atoms with van der Waals surface area (Å²) in [5.41, 5.74) is -0.758. The van der Waals surface area contributed by atoms with Gasteiger partial charge >= 0.3 is 0 Å². The Labute approximate surface area is 101 Å². The smallest absolute Gasteiger partial charge is 0.251 e. The molecule has 17 heavy (non-hydrogen) atoms. The van der Waals surface area contributed by atoms with Gasteiger partial charge in [-0.15, -0.1) is 0 Å². The molecule has 0 spiro atoms. The SMILES string of the molecule is Cn1c(N2CCCC2C(C)(C)O)cccc1=O. The Balaban J connectivity index is 2.40. The van der Waals surface area contributed by atoms with Crippen molar-refractivity contribution in [1.29, 1.82) is 0 Å². The number of hydrogen-bond donors (Lipinski definition) is 1. The number of pyridine rings is 1. The standard InChI is InChI=1S/C13H20N2O2/c1-13(2,17)10-6-5-9-15(10)11-7-4-8-12(16)14(11)3/h4,7-8,10,17H,5-6,9H2,1-3H3. The van der Waals surface area contributed by atoms with Gasteiger partial charge in [-0.2, -0.15) is 0 Å². The van der Waals surface area contributed by atoms with Crippen molar-refractivity contribution in [3.8, 4) is 0 Å². The van der Waals surface area contributed by atoms with Gasteiger partial charge in [-0.05, 0) is 32.8 Å². The Morgan fingerprint density at radius 2 is 2.12 bits per heavy atom. The zero-order valence-electron chi connectivity index (χ0n) is 10.7. The fraction of sp³-hybridized carbons (Fsp3) is 0.615. The highest BCUT2D eigenvalue weighted by atomic mass is 16.3. The molecular weight excluding hydrogens is 216 g/mol. The topological polar surface area (TPSA) is 45.5 Å². The van der Waals surface area contributed by atoms with Gasteiger partial charge in [0.05, 0.1) is 11.6 Å². The lowest BCUT2D eigenvalue weighted by Crippen LogP contribution is -2.47. The average molecular weight is 236 g/mol. The Morgan fingerprint density at radius 3 is 2.76 bits per heavy atom. The second-order valence-electron chi connectivity index (χ2n) is 5.29. The lowest BCUT2D eigenvalue weighted by molar-refractivity contribution is 0.0531. The minimum Gasteiger partial charge on any atom is -0.388 e. The molecule has 1 fully saturated rings. The summed E-state index contributed by atoms with van der Waals surface area (Å²) in [4.78, 5) is 13.8. The Kier molecular flexibility index (Phi) is 3.00. The molecule has 2 rings (SSSR count). The Morgan fingerprint density at radius 1 is 1.41 bits per heavy atom. The van der Waals surface area contributed by atoms with Gasteiger partial charge in [0.25, 0.3) is 5.56 Å². The largest absolute Gasteiger partial charge is 0.388 e. The summed E-state index contributed by atoms with van der Waals surface area (Å²) in [6.07, 6.45) is 2.02. The molecule has 1 atom stereocenters. The number of rotatable bonds is 2. The summed E-state index contributed by atoms with van der Waals surface area (Å²) in [7, 11) is 1.78. The van der Waals surface area contributed by atoms with Gasteiger partial charge in [0.2, 0.25) is 0 Å². The molecule has 1 N–H and O–H groups in total. The van der Waals surface area contributed by atoms with Crippen LogP contribution in [-0.2, 0) is 7.05 Å². The fourth-order valence-electron chi connectivity index (χ4n) is 2.62. The molecule has 1 saturated heterocycles. The second kappa shape index (κ2) is 4.18. The number of hydrogen-bond acceptors (Lipinski definition) is 3. The molecule has 0 bridgehead atoms. The molecule has 0 aliphatic carbocycles. The summed E-state index contributed by atoms with van der Waals surface area (Å²) in [5.74, 6) is 0.891. The maximum Gasteiger partial charge on any atom is 0.251 e. The highest BCUT2D eigenvalue weighted by molar-refractivity contribution is 5.43. The predicted molar refractivity (Wildman–Crippen MR) is 68.3 cm³/mol. The van der Waals surface area contributed by atoms with Crippen LogP contribution < -0.4 is 10.5 Å². The van der Waals surface area contributed by atoms with E-state index in [2.05, 4.69) is 4.90 Å². The van der Waals surface area contributed by atoms with E-state index in [1.165, 1.54) is 0 Å². The first kappa shape index (κ1) is 12.2. The van der Waals surface area contributed by atoms with E-state index < -0.39 is 5.60 Å². The van der Waals surface area contributed by atoms with Crippen LogP contribution in [0.4, 0.5) is 5.82 Å². The molecule has 0 aromatic carbocycles. The Bertz CT molecular complexity index is 459. The molecule has 0 saturated carbocycles. The van der Waals surface area contributed by atoms with Crippen molar-refractivity contribution < 1.29 is 5.11 Å². The van der Waals surface area contributed by atoms with Gasteiger partial charge in [-0.3, -0.25) is 9.36 Å². The van der Waals surface area contributed by atoms with Gasteiger partial charge < -0.3 is 10.0 Å². The van der Waals surface area contributed by atoms with Gasteiger partial charge in [-0.25, -0.2) is 0 Å². The molecule has 2 heterocycles. The van der Waals surface area contributed by atoms with Crippen LogP contribution in [0, 0.1) is 0 Å². The van der Waals surface area contributed by atoms with Crippen molar-refractivity contribution in [3.05, 3.63) is 28.6 Å². The maximum absolute atomic E-state index is 11.6. The molecule has 0 amide bonds. The highest BCUT2D eigenvalue weighted by Gasteiger charge is 2.36. The fourth-order valence-corrected chi connectivity index (χ4v) is 2.62. The zero-order valence-corrected chi connectivity index (χ0v) is 10.7. The summed E-state index contributed by atoms with van der Waals surface area (Å²) in [5, 5.41) is 10.2. The number of aromatic nitrogens is 1. The van der Waals surface area contributed by atoms with Crippen LogP contribution in [-0.4, -0.2) is 27.9 Å².